The van der Waals surface area contributed by atoms with Gasteiger partial charge in [0.2, 0.25) is 5.82 Å². The Balaban J connectivity index is 1.65. The first-order valence-electron chi connectivity index (χ1n) is 8.96. The van der Waals surface area contributed by atoms with Crippen molar-refractivity contribution in [3.8, 4) is 28.7 Å². The molecule has 4 rings (SSSR count). The molecule has 0 radical (unpaired) electrons. The molecule has 0 fully saturated rings. The molecule has 2 aromatic carbocycles. The molecule has 6 heteroatoms. The third-order valence-electron chi connectivity index (χ3n) is 4.64. The average Bonchev–Trinajstić information content (AvgIpc) is 3.29. The van der Waals surface area contributed by atoms with Gasteiger partial charge in [-0.25, -0.2) is 4.68 Å². The monoisotopic (exact) mass is 359 g/mol. The van der Waals surface area contributed by atoms with Crippen LogP contribution in [0.15, 0.2) is 53.1 Å². The third kappa shape index (κ3) is 3.26. The molecule has 0 bridgehead atoms. The largest absolute Gasteiger partial charge is 0.332 e. The van der Waals surface area contributed by atoms with Gasteiger partial charge in [-0.15, -0.1) is 5.10 Å². The van der Waals surface area contributed by atoms with E-state index >= 15 is 0 Å². The summed E-state index contributed by atoms with van der Waals surface area (Å²) in [5.41, 5.74) is 5.78. The zero-order valence-electron chi connectivity index (χ0n) is 15.8. The molecule has 0 aliphatic carbocycles. The van der Waals surface area contributed by atoms with Crippen molar-refractivity contribution in [1.82, 2.24) is 25.1 Å². The van der Waals surface area contributed by atoms with Gasteiger partial charge in [0.15, 0.2) is 5.69 Å². The fraction of sp³-hybridized carbons (Fsp3) is 0.238. The predicted octanol–water partition coefficient (Wildman–Crippen LogP) is 4.72. The molecule has 0 saturated heterocycles. The van der Waals surface area contributed by atoms with Gasteiger partial charge in [0.1, 0.15) is 0 Å². The van der Waals surface area contributed by atoms with Gasteiger partial charge >= 0.3 is 0 Å². The molecule has 0 aliphatic heterocycles. The minimum absolute atomic E-state index is 0.369. The van der Waals surface area contributed by atoms with E-state index in [2.05, 4.69) is 46.4 Å². The van der Waals surface area contributed by atoms with Crippen LogP contribution in [-0.2, 0) is 0 Å². The maximum absolute atomic E-state index is 5.44. The second-order valence-electron chi connectivity index (χ2n) is 6.97. The summed E-state index contributed by atoms with van der Waals surface area (Å²) in [5, 5.41) is 12.6. The van der Waals surface area contributed by atoms with Gasteiger partial charge in [-0.2, -0.15) is 4.98 Å². The van der Waals surface area contributed by atoms with Crippen molar-refractivity contribution in [2.45, 2.75) is 33.6 Å². The fourth-order valence-corrected chi connectivity index (χ4v) is 2.91. The van der Waals surface area contributed by atoms with Crippen LogP contribution in [0.3, 0.4) is 0 Å². The van der Waals surface area contributed by atoms with Crippen LogP contribution in [-0.4, -0.2) is 25.1 Å². The standard InChI is InChI=1S/C21H21N5O/c1-13(2)16-9-11-18(12-10-16)26-15(4)19(23-25-26)21-22-20(24-27-21)17-7-5-14(3)6-8-17/h5-13H,1-4H3. The second-order valence-corrected chi connectivity index (χ2v) is 6.97. The summed E-state index contributed by atoms with van der Waals surface area (Å²) >= 11 is 0. The highest BCUT2D eigenvalue weighted by atomic mass is 16.5. The summed E-state index contributed by atoms with van der Waals surface area (Å²) in [7, 11) is 0. The third-order valence-corrected chi connectivity index (χ3v) is 4.64. The Hall–Kier alpha value is -3.28. The van der Waals surface area contributed by atoms with Crippen molar-refractivity contribution in [2.24, 2.45) is 0 Å². The van der Waals surface area contributed by atoms with Crippen molar-refractivity contribution in [3.05, 3.63) is 65.4 Å². The lowest BCUT2D eigenvalue weighted by Gasteiger charge is -2.07. The number of rotatable bonds is 4. The molecule has 0 N–H and O–H groups in total. The van der Waals surface area contributed by atoms with Crippen molar-refractivity contribution in [1.29, 1.82) is 0 Å². The SMILES string of the molecule is Cc1ccc(-c2noc(-c3nnn(-c4ccc(C(C)C)cc4)c3C)n2)cc1. The molecule has 136 valence electrons. The van der Waals surface area contributed by atoms with E-state index in [1.807, 2.05) is 50.2 Å². The fourth-order valence-electron chi connectivity index (χ4n) is 2.91. The van der Waals surface area contributed by atoms with E-state index in [0.717, 1.165) is 16.9 Å². The summed E-state index contributed by atoms with van der Waals surface area (Å²) in [4.78, 5) is 4.49. The smallest absolute Gasteiger partial charge is 0.280 e. The average molecular weight is 359 g/mol. The summed E-state index contributed by atoms with van der Waals surface area (Å²) in [6, 6.07) is 16.3. The first-order chi connectivity index (χ1) is 13.0. The Morgan fingerprint density at radius 1 is 0.926 bits per heavy atom. The minimum Gasteiger partial charge on any atom is -0.332 e. The number of nitrogens with zero attached hydrogens (tertiary/aromatic N) is 5. The van der Waals surface area contributed by atoms with E-state index in [9.17, 15) is 0 Å². The van der Waals surface area contributed by atoms with Crippen LogP contribution in [0.5, 0.6) is 0 Å². The van der Waals surface area contributed by atoms with E-state index in [-0.39, 0.29) is 0 Å². The zero-order valence-corrected chi connectivity index (χ0v) is 15.8. The van der Waals surface area contributed by atoms with Crippen molar-refractivity contribution in [2.75, 3.05) is 0 Å². The molecule has 2 heterocycles. The topological polar surface area (TPSA) is 69.6 Å². The second kappa shape index (κ2) is 6.79. The van der Waals surface area contributed by atoms with Gasteiger partial charge in [0, 0.05) is 5.56 Å². The quantitative estimate of drug-likeness (QED) is 0.527. The van der Waals surface area contributed by atoms with Crippen molar-refractivity contribution in [3.63, 3.8) is 0 Å². The van der Waals surface area contributed by atoms with Gasteiger partial charge in [0.05, 0.1) is 11.4 Å². The highest BCUT2D eigenvalue weighted by Crippen LogP contribution is 2.25. The Morgan fingerprint density at radius 2 is 1.63 bits per heavy atom. The van der Waals surface area contributed by atoms with E-state index in [1.54, 1.807) is 4.68 Å². The number of hydrogen-bond acceptors (Lipinski definition) is 5. The zero-order chi connectivity index (χ0) is 19.0. The van der Waals surface area contributed by atoms with Crippen LogP contribution in [0.4, 0.5) is 0 Å². The molecular formula is C21H21N5O. The Kier molecular flexibility index (Phi) is 4.32. The van der Waals surface area contributed by atoms with Crippen molar-refractivity contribution < 1.29 is 4.52 Å². The van der Waals surface area contributed by atoms with E-state index in [0.29, 0.717) is 23.3 Å². The van der Waals surface area contributed by atoms with Gasteiger partial charge in [0.25, 0.3) is 5.89 Å². The molecule has 0 spiro atoms. The van der Waals surface area contributed by atoms with Gasteiger partial charge < -0.3 is 4.52 Å². The molecule has 0 unspecified atom stereocenters. The van der Waals surface area contributed by atoms with Crippen LogP contribution in [0.25, 0.3) is 28.7 Å². The molecule has 0 aliphatic rings. The maximum atomic E-state index is 5.44. The highest BCUT2D eigenvalue weighted by molar-refractivity contribution is 5.59. The molecule has 6 nitrogen and oxygen atoms in total. The summed E-state index contributed by atoms with van der Waals surface area (Å²) in [5.74, 6) is 1.40. The van der Waals surface area contributed by atoms with Crippen LogP contribution >= 0.6 is 0 Å². The van der Waals surface area contributed by atoms with E-state index in [1.165, 1.54) is 11.1 Å². The summed E-state index contributed by atoms with van der Waals surface area (Å²) in [6.07, 6.45) is 0. The number of hydrogen-bond donors (Lipinski definition) is 0. The molecule has 0 amide bonds. The number of aryl methyl sites for hydroxylation is 1. The van der Waals surface area contributed by atoms with Crippen LogP contribution in [0.1, 0.15) is 36.6 Å². The lowest BCUT2D eigenvalue weighted by Crippen LogP contribution is -1.99. The molecule has 0 saturated carbocycles. The lowest BCUT2D eigenvalue weighted by atomic mass is 10.0. The summed E-state index contributed by atoms with van der Waals surface area (Å²) in [6.45, 7) is 8.34. The molecule has 27 heavy (non-hydrogen) atoms. The summed E-state index contributed by atoms with van der Waals surface area (Å²) < 4.78 is 7.23. The maximum Gasteiger partial charge on any atom is 0.280 e. The van der Waals surface area contributed by atoms with Gasteiger partial charge in [-0.1, -0.05) is 66.2 Å². The molecule has 4 aromatic rings. The van der Waals surface area contributed by atoms with Crippen LogP contribution in [0.2, 0.25) is 0 Å². The van der Waals surface area contributed by atoms with Crippen molar-refractivity contribution >= 4 is 0 Å². The Morgan fingerprint density at radius 3 is 2.30 bits per heavy atom. The van der Waals surface area contributed by atoms with Gasteiger partial charge in [-0.3, -0.25) is 0 Å². The van der Waals surface area contributed by atoms with Crippen LogP contribution in [0, 0.1) is 13.8 Å². The highest BCUT2D eigenvalue weighted by Gasteiger charge is 2.19. The Labute approximate surface area is 157 Å². The lowest BCUT2D eigenvalue weighted by molar-refractivity contribution is 0.430. The minimum atomic E-state index is 0.369. The molecule has 2 aromatic heterocycles. The van der Waals surface area contributed by atoms with Crippen LogP contribution < -0.4 is 0 Å². The van der Waals surface area contributed by atoms with Gasteiger partial charge in [-0.05, 0) is 37.5 Å². The first-order valence-corrected chi connectivity index (χ1v) is 8.96. The van der Waals surface area contributed by atoms with E-state index in [4.69, 9.17) is 4.52 Å². The molecular weight excluding hydrogens is 338 g/mol. The molecule has 0 atom stereocenters. The first kappa shape index (κ1) is 17.1. The number of aromatic nitrogens is 5. The number of benzene rings is 2. The Bertz CT molecular complexity index is 1060. The normalized spacial score (nSPS) is 11.3. The predicted molar refractivity (Wildman–Crippen MR) is 104 cm³/mol. The van der Waals surface area contributed by atoms with E-state index < -0.39 is 0 Å².